The maximum Gasteiger partial charge on any atom is 0.254 e. The fourth-order valence-electron chi connectivity index (χ4n) is 5.15. The van der Waals surface area contributed by atoms with Crippen LogP contribution in [0.25, 0.3) is 0 Å². The molecular weight excluding hydrogens is 554 g/mol. The largest absolute Gasteiger partial charge is 0.467 e. The van der Waals surface area contributed by atoms with Crippen molar-refractivity contribution in [2.24, 2.45) is 0 Å². The molecule has 0 aliphatic carbocycles. The Balaban J connectivity index is 1.22. The highest BCUT2D eigenvalue weighted by Gasteiger charge is 2.28. The molecule has 0 saturated carbocycles. The quantitative estimate of drug-likeness (QED) is 0.241. The third kappa shape index (κ3) is 6.85. The molecule has 2 heterocycles. The lowest BCUT2D eigenvalue weighted by molar-refractivity contribution is -0.133. The van der Waals surface area contributed by atoms with E-state index in [1.807, 2.05) is 35.2 Å². The molecule has 0 N–H and O–H groups in total. The first kappa shape index (κ1) is 26.9. The van der Waals surface area contributed by atoms with Gasteiger partial charge in [-0.2, -0.15) is 0 Å². The van der Waals surface area contributed by atoms with Crippen LogP contribution in [-0.4, -0.2) is 59.2 Å². The van der Waals surface area contributed by atoms with Gasteiger partial charge in [-0.1, -0.05) is 82.7 Å². The zero-order chi connectivity index (χ0) is 27.0. The summed E-state index contributed by atoms with van der Waals surface area (Å²) in [6.45, 7) is 3.52. The molecule has 1 saturated heterocycles. The predicted molar refractivity (Wildman–Crippen MR) is 155 cm³/mol. The van der Waals surface area contributed by atoms with Crippen LogP contribution in [0.15, 0.2) is 112 Å². The van der Waals surface area contributed by atoms with Crippen LogP contribution in [0.4, 0.5) is 0 Å². The van der Waals surface area contributed by atoms with Crippen LogP contribution in [0.5, 0.6) is 0 Å². The van der Waals surface area contributed by atoms with E-state index in [9.17, 15) is 9.59 Å². The van der Waals surface area contributed by atoms with Crippen LogP contribution in [0.3, 0.4) is 0 Å². The lowest BCUT2D eigenvalue weighted by atomic mass is 9.96. The molecule has 7 heteroatoms. The van der Waals surface area contributed by atoms with E-state index >= 15 is 0 Å². The molecule has 6 nitrogen and oxygen atoms in total. The second-order valence-corrected chi connectivity index (χ2v) is 10.6. The molecule has 1 aliphatic heterocycles. The number of carbonyl (C=O) groups excluding carboxylic acids is 2. The number of piperazine rings is 1. The Morgan fingerprint density at radius 1 is 0.821 bits per heavy atom. The van der Waals surface area contributed by atoms with Crippen molar-refractivity contribution in [3.63, 3.8) is 0 Å². The van der Waals surface area contributed by atoms with Gasteiger partial charge in [-0.25, -0.2) is 0 Å². The number of benzene rings is 3. The fourth-order valence-corrected chi connectivity index (χ4v) is 5.55. The molecule has 0 bridgehead atoms. The molecule has 0 spiro atoms. The molecule has 2 amide bonds. The molecule has 1 fully saturated rings. The summed E-state index contributed by atoms with van der Waals surface area (Å²) in [7, 11) is 0. The zero-order valence-corrected chi connectivity index (χ0v) is 23.4. The van der Waals surface area contributed by atoms with Crippen LogP contribution >= 0.6 is 15.9 Å². The topological polar surface area (TPSA) is 57.0 Å². The predicted octanol–water partition coefficient (Wildman–Crippen LogP) is 6.01. The van der Waals surface area contributed by atoms with Crippen molar-refractivity contribution in [3.8, 4) is 0 Å². The fraction of sp³-hybridized carbons (Fsp3) is 0.250. The van der Waals surface area contributed by atoms with Crippen molar-refractivity contribution < 1.29 is 14.0 Å². The molecule has 5 rings (SSSR count). The molecule has 0 unspecified atom stereocenters. The number of halogens is 1. The molecule has 200 valence electrons. The monoisotopic (exact) mass is 585 g/mol. The summed E-state index contributed by atoms with van der Waals surface area (Å²) in [5.74, 6) is 0.628. The van der Waals surface area contributed by atoms with Crippen LogP contribution < -0.4 is 0 Å². The Morgan fingerprint density at radius 2 is 1.49 bits per heavy atom. The molecule has 3 aromatic carbocycles. The number of furan rings is 1. The average Bonchev–Trinajstić information content (AvgIpc) is 3.50. The second kappa shape index (κ2) is 12.9. The van der Waals surface area contributed by atoms with Crippen LogP contribution in [-0.2, 0) is 11.3 Å². The van der Waals surface area contributed by atoms with Gasteiger partial charge >= 0.3 is 0 Å². The van der Waals surface area contributed by atoms with Gasteiger partial charge < -0.3 is 14.2 Å². The first-order chi connectivity index (χ1) is 19.1. The van der Waals surface area contributed by atoms with Crippen molar-refractivity contribution in [3.05, 3.63) is 130 Å². The second-order valence-electron chi connectivity index (χ2n) is 9.71. The van der Waals surface area contributed by atoms with E-state index in [1.165, 1.54) is 11.1 Å². The number of rotatable bonds is 9. The Morgan fingerprint density at radius 3 is 2.08 bits per heavy atom. The van der Waals surface area contributed by atoms with Gasteiger partial charge in [-0.3, -0.25) is 14.5 Å². The smallest absolute Gasteiger partial charge is 0.254 e. The summed E-state index contributed by atoms with van der Waals surface area (Å²) in [4.78, 5) is 32.7. The van der Waals surface area contributed by atoms with E-state index < -0.39 is 0 Å². The number of carbonyl (C=O) groups is 2. The third-order valence-corrected chi connectivity index (χ3v) is 7.64. The van der Waals surface area contributed by atoms with E-state index in [-0.39, 0.29) is 24.3 Å². The standard InChI is InChI=1S/C32H32BrN3O3/c33-28-14-7-13-27(23-28)32(38)36(24-29-15-8-22-39-29)17-16-30(37)34-18-20-35(21-19-34)31(25-9-3-1-4-10-25)26-11-5-2-6-12-26/h1-15,22-23,31H,16-21,24H2. The minimum Gasteiger partial charge on any atom is -0.467 e. The molecular formula is C32H32BrN3O3. The molecule has 1 aliphatic rings. The lowest BCUT2D eigenvalue weighted by Gasteiger charge is -2.40. The Bertz CT molecular complexity index is 1310. The number of nitrogens with zero attached hydrogens (tertiary/aromatic N) is 3. The minimum atomic E-state index is -0.126. The van der Waals surface area contributed by atoms with E-state index in [4.69, 9.17) is 4.42 Å². The normalized spacial score (nSPS) is 13.9. The molecule has 39 heavy (non-hydrogen) atoms. The van der Waals surface area contributed by atoms with Crippen molar-refractivity contribution >= 4 is 27.7 Å². The van der Waals surface area contributed by atoms with Gasteiger partial charge in [-0.05, 0) is 41.5 Å². The first-order valence-electron chi connectivity index (χ1n) is 13.3. The van der Waals surface area contributed by atoms with Crippen LogP contribution in [0.2, 0.25) is 0 Å². The van der Waals surface area contributed by atoms with E-state index in [0.29, 0.717) is 37.5 Å². The highest BCUT2D eigenvalue weighted by atomic mass is 79.9. The molecule has 0 atom stereocenters. The summed E-state index contributed by atoms with van der Waals surface area (Å²) >= 11 is 3.45. The van der Waals surface area contributed by atoms with E-state index in [1.54, 1.807) is 29.4 Å². The first-order valence-corrected chi connectivity index (χ1v) is 14.1. The summed E-state index contributed by atoms with van der Waals surface area (Å²) in [5.41, 5.74) is 3.08. The van der Waals surface area contributed by atoms with Gasteiger partial charge in [0, 0.05) is 49.2 Å². The summed E-state index contributed by atoms with van der Waals surface area (Å²) in [5, 5.41) is 0. The zero-order valence-electron chi connectivity index (χ0n) is 21.8. The third-order valence-electron chi connectivity index (χ3n) is 7.14. The summed E-state index contributed by atoms with van der Waals surface area (Å²) in [6.07, 6.45) is 1.86. The Hall–Kier alpha value is -3.68. The number of hydrogen-bond donors (Lipinski definition) is 0. The van der Waals surface area contributed by atoms with Gasteiger partial charge in [-0.15, -0.1) is 0 Å². The van der Waals surface area contributed by atoms with Gasteiger partial charge in [0.1, 0.15) is 5.76 Å². The Labute approximate surface area is 238 Å². The van der Waals surface area contributed by atoms with Crippen molar-refractivity contribution in [1.82, 2.24) is 14.7 Å². The van der Waals surface area contributed by atoms with Crippen molar-refractivity contribution in [1.29, 1.82) is 0 Å². The van der Waals surface area contributed by atoms with Gasteiger partial charge in [0.2, 0.25) is 5.91 Å². The minimum absolute atomic E-state index is 0.0668. The highest BCUT2D eigenvalue weighted by molar-refractivity contribution is 9.10. The summed E-state index contributed by atoms with van der Waals surface area (Å²) in [6, 6.07) is 32.2. The van der Waals surface area contributed by atoms with Crippen molar-refractivity contribution in [2.45, 2.75) is 19.0 Å². The van der Waals surface area contributed by atoms with Gasteiger partial charge in [0.15, 0.2) is 0 Å². The average molecular weight is 587 g/mol. The highest BCUT2D eigenvalue weighted by Crippen LogP contribution is 2.29. The summed E-state index contributed by atoms with van der Waals surface area (Å²) < 4.78 is 6.34. The molecule has 4 aromatic rings. The Kier molecular flexibility index (Phi) is 8.91. The maximum absolute atomic E-state index is 13.3. The maximum atomic E-state index is 13.3. The number of amides is 2. The van der Waals surface area contributed by atoms with Crippen LogP contribution in [0.1, 0.15) is 39.7 Å². The molecule has 1 aromatic heterocycles. The SMILES string of the molecule is O=C(CCN(Cc1ccco1)C(=O)c1cccc(Br)c1)N1CCN(C(c2ccccc2)c2ccccc2)CC1. The molecule has 0 radical (unpaired) electrons. The van der Waals surface area contributed by atoms with Gasteiger partial charge in [0.05, 0.1) is 18.8 Å². The number of hydrogen-bond acceptors (Lipinski definition) is 4. The van der Waals surface area contributed by atoms with Gasteiger partial charge in [0.25, 0.3) is 5.91 Å². The van der Waals surface area contributed by atoms with Crippen molar-refractivity contribution in [2.75, 3.05) is 32.7 Å². The van der Waals surface area contributed by atoms with E-state index in [0.717, 1.165) is 17.6 Å². The van der Waals surface area contributed by atoms with E-state index in [2.05, 4.69) is 69.4 Å². The lowest BCUT2D eigenvalue weighted by Crippen LogP contribution is -2.50. The van der Waals surface area contributed by atoms with Crippen LogP contribution in [0, 0.1) is 0 Å².